The number of esters is 1. The predicted octanol–water partition coefficient (Wildman–Crippen LogP) is 5.99. The average Bonchev–Trinajstić information content (AvgIpc) is 2.79. The van der Waals surface area contributed by atoms with Gasteiger partial charge >= 0.3 is 5.97 Å². The molecule has 0 aliphatic carbocycles. The van der Waals surface area contributed by atoms with Gasteiger partial charge in [-0.05, 0) is 36.1 Å². The minimum absolute atomic E-state index is 0.107. The molecule has 156 valence electrons. The second-order valence-electron chi connectivity index (χ2n) is 7.64. The van der Waals surface area contributed by atoms with E-state index >= 15 is 0 Å². The molecule has 0 N–H and O–H groups in total. The van der Waals surface area contributed by atoms with Crippen LogP contribution in [0.1, 0.15) is 42.4 Å². The molecule has 3 aromatic rings. The number of carbonyl (C=O) groups is 1. The van der Waals surface area contributed by atoms with Crippen molar-refractivity contribution in [1.29, 1.82) is 0 Å². The molecule has 0 bridgehead atoms. The van der Waals surface area contributed by atoms with E-state index in [9.17, 15) is 4.79 Å². The maximum atomic E-state index is 12.0. The largest absolute Gasteiger partial charge is 0.461 e. The van der Waals surface area contributed by atoms with Crippen molar-refractivity contribution >= 4 is 5.97 Å². The number of nitrogens with zero attached hydrogens (tertiary/aromatic N) is 1. The van der Waals surface area contributed by atoms with E-state index in [1.165, 1.54) is 11.1 Å². The molecule has 0 spiro atoms. The number of benzene rings is 3. The third-order valence-electron chi connectivity index (χ3n) is 5.10. The lowest BCUT2D eigenvalue weighted by atomic mass is 10.1. The van der Waals surface area contributed by atoms with Gasteiger partial charge in [-0.25, -0.2) is 0 Å². The molecular formula is C27H31NO2. The van der Waals surface area contributed by atoms with Crippen LogP contribution >= 0.6 is 0 Å². The minimum Gasteiger partial charge on any atom is -0.461 e. The maximum Gasteiger partial charge on any atom is 0.306 e. The van der Waals surface area contributed by atoms with E-state index in [4.69, 9.17) is 4.74 Å². The highest BCUT2D eigenvalue weighted by Crippen LogP contribution is 2.12. The lowest BCUT2D eigenvalue weighted by Crippen LogP contribution is -2.24. The summed E-state index contributed by atoms with van der Waals surface area (Å²) in [6.07, 6.45) is 3.47. The third kappa shape index (κ3) is 8.22. The van der Waals surface area contributed by atoms with Crippen molar-refractivity contribution in [3.63, 3.8) is 0 Å². The second kappa shape index (κ2) is 12.6. The van der Waals surface area contributed by atoms with E-state index in [0.29, 0.717) is 13.0 Å². The molecule has 3 nitrogen and oxygen atoms in total. The molecule has 0 radical (unpaired) electrons. The first-order valence-corrected chi connectivity index (χ1v) is 10.8. The van der Waals surface area contributed by atoms with Gasteiger partial charge in [0.15, 0.2) is 0 Å². The highest BCUT2D eigenvalue weighted by Gasteiger charge is 2.08. The van der Waals surface area contributed by atoms with Gasteiger partial charge < -0.3 is 4.74 Å². The zero-order valence-electron chi connectivity index (χ0n) is 17.6. The molecule has 0 saturated heterocycles. The Morgan fingerprint density at radius 2 is 1.13 bits per heavy atom. The van der Waals surface area contributed by atoms with Gasteiger partial charge in [0.2, 0.25) is 0 Å². The lowest BCUT2D eigenvalue weighted by Gasteiger charge is -2.22. The van der Waals surface area contributed by atoms with Crippen molar-refractivity contribution < 1.29 is 9.53 Å². The Morgan fingerprint density at radius 1 is 0.633 bits per heavy atom. The summed E-state index contributed by atoms with van der Waals surface area (Å²) in [5.74, 6) is -0.107. The summed E-state index contributed by atoms with van der Waals surface area (Å²) in [5, 5.41) is 0. The molecule has 0 aliphatic heterocycles. The van der Waals surface area contributed by atoms with E-state index < -0.39 is 0 Å². The van der Waals surface area contributed by atoms with Crippen LogP contribution in [0, 0.1) is 0 Å². The molecule has 3 heteroatoms. The summed E-state index contributed by atoms with van der Waals surface area (Å²) >= 11 is 0. The maximum absolute atomic E-state index is 12.0. The summed E-state index contributed by atoms with van der Waals surface area (Å²) in [4.78, 5) is 14.4. The van der Waals surface area contributed by atoms with E-state index in [1.54, 1.807) is 0 Å². The predicted molar refractivity (Wildman–Crippen MR) is 122 cm³/mol. The van der Waals surface area contributed by atoms with Gasteiger partial charge in [0.25, 0.3) is 0 Å². The Hall–Kier alpha value is -2.91. The summed E-state index contributed by atoms with van der Waals surface area (Å²) < 4.78 is 5.36. The molecule has 3 aromatic carbocycles. The number of rotatable bonds is 12. The fraction of sp³-hybridized carbons (Fsp3) is 0.296. The van der Waals surface area contributed by atoms with Crippen LogP contribution in [0.25, 0.3) is 0 Å². The van der Waals surface area contributed by atoms with Gasteiger partial charge in [0.05, 0.1) is 0 Å². The Balaban J connectivity index is 1.38. The van der Waals surface area contributed by atoms with E-state index in [1.807, 2.05) is 30.3 Å². The number of hydrogen-bond donors (Lipinski definition) is 0. The van der Waals surface area contributed by atoms with Crippen LogP contribution in [-0.2, 0) is 29.2 Å². The number of unbranched alkanes of at least 4 members (excludes halogenated alkanes) is 2. The molecule has 3 rings (SSSR count). The average molecular weight is 402 g/mol. The van der Waals surface area contributed by atoms with Crippen LogP contribution in [0.5, 0.6) is 0 Å². The fourth-order valence-corrected chi connectivity index (χ4v) is 3.49. The summed E-state index contributed by atoms with van der Waals surface area (Å²) in [6, 6.07) is 31.0. The zero-order valence-corrected chi connectivity index (χ0v) is 17.6. The Kier molecular flexibility index (Phi) is 9.16. The van der Waals surface area contributed by atoms with Crippen LogP contribution < -0.4 is 0 Å². The number of carbonyl (C=O) groups excluding carboxylic acids is 1. The number of hydrogen-bond acceptors (Lipinski definition) is 3. The Bertz CT molecular complexity index is 808. The van der Waals surface area contributed by atoms with E-state index in [-0.39, 0.29) is 5.97 Å². The highest BCUT2D eigenvalue weighted by molar-refractivity contribution is 5.69. The molecule has 30 heavy (non-hydrogen) atoms. The molecule has 0 fully saturated rings. The van der Waals surface area contributed by atoms with Crippen molar-refractivity contribution in [1.82, 2.24) is 4.90 Å². The van der Waals surface area contributed by atoms with Crippen LogP contribution in [0.15, 0.2) is 91.0 Å². The van der Waals surface area contributed by atoms with Gasteiger partial charge in [-0.2, -0.15) is 0 Å². The summed E-state index contributed by atoms with van der Waals surface area (Å²) in [6.45, 7) is 3.26. The van der Waals surface area contributed by atoms with E-state index in [0.717, 1.165) is 44.5 Å². The molecular weight excluding hydrogens is 370 g/mol. The monoisotopic (exact) mass is 401 g/mol. The minimum atomic E-state index is -0.107. The SMILES string of the molecule is O=C(CCCCCN(Cc1ccccc1)Cc1ccccc1)OCc1ccccc1. The smallest absolute Gasteiger partial charge is 0.306 e. The highest BCUT2D eigenvalue weighted by atomic mass is 16.5. The van der Waals surface area contributed by atoms with Crippen molar-refractivity contribution in [3.8, 4) is 0 Å². The van der Waals surface area contributed by atoms with Crippen LogP contribution in [0.3, 0.4) is 0 Å². The number of ether oxygens (including phenoxy) is 1. The molecule has 0 amide bonds. The first-order valence-electron chi connectivity index (χ1n) is 10.8. The van der Waals surface area contributed by atoms with E-state index in [2.05, 4.69) is 65.6 Å². The van der Waals surface area contributed by atoms with Gasteiger partial charge in [0, 0.05) is 19.5 Å². The van der Waals surface area contributed by atoms with Gasteiger partial charge in [0.1, 0.15) is 6.61 Å². The van der Waals surface area contributed by atoms with Crippen molar-refractivity contribution in [2.45, 2.75) is 45.4 Å². The summed E-state index contributed by atoms with van der Waals surface area (Å²) in [7, 11) is 0. The molecule has 0 aliphatic rings. The van der Waals surface area contributed by atoms with Crippen LogP contribution in [0.2, 0.25) is 0 Å². The Labute approximate surface area is 180 Å². The first-order chi connectivity index (χ1) is 14.8. The van der Waals surface area contributed by atoms with Crippen LogP contribution in [0.4, 0.5) is 0 Å². The Morgan fingerprint density at radius 3 is 1.67 bits per heavy atom. The fourth-order valence-electron chi connectivity index (χ4n) is 3.49. The molecule has 0 saturated carbocycles. The van der Waals surface area contributed by atoms with Gasteiger partial charge in [-0.1, -0.05) is 97.4 Å². The zero-order chi connectivity index (χ0) is 20.9. The van der Waals surface area contributed by atoms with Gasteiger partial charge in [-0.15, -0.1) is 0 Å². The van der Waals surface area contributed by atoms with Crippen molar-refractivity contribution in [2.75, 3.05) is 6.54 Å². The second-order valence-corrected chi connectivity index (χ2v) is 7.64. The molecule has 0 heterocycles. The standard InChI is InChI=1S/C27H31NO2/c29-27(30-23-26-17-9-3-10-18-26)19-11-4-12-20-28(21-24-13-5-1-6-14-24)22-25-15-7-2-8-16-25/h1-3,5-10,13-18H,4,11-12,19-23H2. The van der Waals surface area contributed by atoms with Crippen LogP contribution in [-0.4, -0.2) is 17.4 Å². The normalized spacial score (nSPS) is 10.8. The topological polar surface area (TPSA) is 29.5 Å². The third-order valence-corrected chi connectivity index (χ3v) is 5.10. The lowest BCUT2D eigenvalue weighted by molar-refractivity contribution is -0.145. The summed E-state index contributed by atoms with van der Waals surface area (Å²) in [5.41, 5.74) is 3.69. The first kappa shape index (κ1) is 21.8. The quantitative estimate of drug-likeness (QED) is 0.276. The van der Waals surface area contributed by atoms with Crippen molar-refractivity contribution in [3.05, 3.63) is 108 Å². The molecule has 0 unspecified atom stereocenters. The van der Waals surface area contributed by atoms with Gasteiger partial charge in [-0.3, -0.25) is 9.69 Å². The molecule has 0 aromatic heterocycles. The van der Waals surface area contributed by atoms with Crippen molar-refractivity contribution in [2.24, 2.45) is 0 Å². The molecule has 0 atom stereocenters.